The van der Waals surface area contributed by atoms with E-state index in [0.29, 0.717) is 0 Å². The topological polar surface area (TPSA) is 9.86 Å². The number of fused-ring (bicyclic) bond motifs is 9. The van der Waals surface area contributed by atoms with E-state index in [0.717, 1.165) is 5.69 Å². The second-order valence-corrected chi connectivity index (χ2v) is 12.2. The highest BCUT2D eigenvalue weighted by atomic mass is 15.0. The van der Waals surface area contributed by atoms with Crippen molar-refractivity contribution in [2.24, 2.45) is 0 Å². The Bertz CT molecular complexity index is 2780. The lowest BCUT2D eigenvalue weighted by Gasteiger charge is -2.11. The van der Waals surface area contributed by atoms with Crippen LogP contribution in [-0.2, 0) is 0 Å². The molecule has 0 spiro atoms. The molecule has 0 bridgehead atoms. The van der Waals surface area contributed by atoms with Gasteiger partial charge in [-0.25, -0.2) is 0 Å². The molecule has 0 unspecified atom stereocenters. The van der Waals surface area contributed by atoms with Crippen molar-refractivity contribution in [2.75, 3.05) is 0 Å². The summed E-state index contributed by atoms with van der Waals surface area (Å²) in [5, 5.41) is 10.0. The standard InChI is InChI=1S/C44H28N2/c1-3-11-29(12-4-1)34-20-23-40-38(26-34)37-22-24-41-43(44(37)46(40)36-21-19-30-13-7-8-14-31(30)25-36)39-27-32-15-9-10-16-33(32)28-42(39)45(41)35-17-5-2-6-18-35/h1-28H. The molecule has 0 N–H and O–H groups in total. The molecule has 8 aromatic carbocycles. The van der Waals surface area contributed by atoms with Crippen LogP contribution >= 0.6 is 0 Å². The molecule has 0 saturated heterocycles. The summed E-state index contributed by atoms with van der Waals surface area (Å²) in [6, 6.07) is 62.1. The van der Waals surface area contributed by atoms with Crippen LogP contribution in [0.2, 0.25) is 0 Å². The summed E-state index contributed by atoms with van der Waals surface area (Å²) >= 11 is 0. The summed E-state index contributed by atoms with van der Waals surface area (Å²) in [4.78, 5) is 0. The molecule has 10 rings (SSSR count). The first-order chi connectivity index (χ1) is 22.8. The number of hydrogen-bond donors (Lipinski definition) is 0. The van der Waals surface area contributed by atoms with Crippen molar-refractivity contribution < 1.29 is 0 Å². The molecule has 0 aliphatic carbocycles. The first-order valence-electron chi connectivity index (χ1n) is 15.9. The zero-order valence-electron chi connectivity index (χ0n) is 25.1. The van der Waals surface area contributed by atoms with Gasteiger partial charge in [0.05, 0.1) is 22.1 Å². The molecule has 2 nitrogen and oxygen atoms in total. The molecule has 2 aromatic heterocycles. The fourth-order valence-corrected chi connectivity index (χ4v) is 7.54. The summed E-state index contributed by atoms with van der Waals surface area (Å²) in [5.74, 6) is 0. The third kappa shape index (κ3) is 3.65. The van der Waals surface area contributed by atoms with E-state index in [1.165, 1.54) is 82.0 Å². The smallest absolute Gasteiger partial charge is 0.0641 e. The van der Waals surface area contributed by atoms with E-state index < -0.39 is 0 Å². The van der Waals surface area contributed by atoms with Crippen LogP contribution in [0.3, 0.4) is 0 Å². The van der Waals surface area contributed by atoms with Gasteiger partial charge in [0.1, 0.15) is 0 Å². The van der Waals surface area contributed by atoms with Gasteiger partial charge in [-0.15, -0.1) is 0 Å². The number of para-hydroxylation sites is 1. The predicted octanol–water partition coefficient (Wildman–Crippen LogP) is 11.9. The lowest BCUT2D eigenvalue weighted by Crippen LogP contribution is -1.95. The van der Waals surface area contributed by atoms with E-state index in [1.54, 1.807) is 0 Å². The molecule has 0 saturated carbocycles. The van der Waals surface area contributed by atoms with Gasteiger partial charge in [-0.1, -0.05) is 115 Å². The maximum atomic E-state index is 2.50. The average molecular weight is 585 g/mol. The van der Waals surface area contributed by atoms with E-state index in [1.807, 2.05) is 0 Å². The van der Waals surface area contributed by atoms with Crippen molar-refractivity contribution in [1.82, 2.24) is 9.13 Å². The minimum absolute atomic E-state index is 1.16. The Morgan fingerprint density at radius 1 is 0.304 bits per heavy atom. The molecule has 0 atom stereocenters. The highest BCUT2D eigenvalue weighted by molar-refractivity contribution is 6.27. The molecule has 2 heterocycles. The van der Waals surface area contributed by atoms with Crippen LogP contribution in [0.1, 0.15) is 0 Å². The van der Waals surface area contributed by atoms with Gasteiger partial charge in [-0.2, -0.15) is 0 Å². The highest BCUT2D eigenvalue weighted by Gasteiger charge is 2.22. The Labute approximate surface area is 266 Å². The Morgan fingerprint density at radius 2 is 0.957 bits per heavy atom. The Morgan fingerprint density at radius 3 is 1.74 bits per heavy atom. The van der Waals surface area contributed by atoms with Crippen molar-refractivity contribution in [3.05, 3.63) is 170 Å². The van der Waals surface area contributed by atoms with E-state index in [9.17, 15) is 0 Å². The van der Waals surface area contributed by atoms with Crippen molar-refractivity contribution in [1.29, 1.82) is 0 Å². The van der Waals surface area contributed by atoms with Gasteiger partial charge in [0, 0.05) is 32.9 Å². The van der Waals surface area contributed by atoms with Gasteiger partial charge < -0.3 is 9.13 Å². The third-order valence-electron chi connectivity index (χ3n) is 9.64. The summed E-state index contributed by atoms with van der Waals surface area (Å²) in [6.45, 7) is 0. The fourth-order valence-electron chi connectivity index (χ4n) is 7.54. The highest BCUT2D eigenvalue weighted by Crippen LogP contribution is 2.44. The molecular formula is C44H28N2. The minimum Gasteiger partial charge on any atom is -0.309 e. The Balaban J connectivity index is 1.42. The summed E-state index contributed by atoms with van der Waals surface area (Å²) in [7, 11) is 0. The lowest BCUT2D eigenvalue weighted by atomic mass is 10.0. The summed E-state index contributed by atoms with van der Waals surface area (Å²) in [5.41, 5.74) is 9.65. The zero-order valence-corrected chi connectivity index (χ0v) is 25.1. The summed E-state index contributed by atoms with van der Waals surface area (Å²) in [6.07, 6.45) is 0. The largest absolute Gasteiger partial charge is 0.309 e. The molecule has 0 radical (unpaired) electrons. The van der Waals surface area contributed by atoms with Crippen LogP contribution in [0.15, 0.2) is 170 Å². The second kappa shape index (κ2) is 9.69. The van der Waals surface area contributed by atoms with Gasteiger partial charge in [0.25, 0.3) is 0 Å². The molecule has 0 aliphatic heterocycles. The number of nitrogens with zero attached hydrogens (tertiary/aromatic N) is 2. The molecule has 2 heteroatoms. The fraction of sp³-hybridized carbons (Fsp3) is 0. The van der Waals surface area contributed by atoms with Gasteiger partial charge in [0.2, 0.25) is 0 Å². The molecular weight excluding hydrogens is 556 g/mol. The van der Waals surface area contributed by atoms with Crippen LogP contribution in [0.5, 0.6) is 0 Å². The Kier molecular flexibility index (Phi) is 5.31. The predicted molar refractivity (Wildman–Crippen MR) is 196 cm³/mol. The van der Waals surface area contributed by atoms with Gasteiger partial charge >= 0.3 is 0 Å². The first-order valence-corrected chi connectivity index (χ1v) is 15.9. The van der Waals surface area contributed by atoms with E-state index in [4.69, 9.17) is 0 Å². The summed E-state index contributed by atoms with van der Waals surface area (Å²) < 4.78 is 4.94. The van der Waals surface area contributed by atoms with Crippen molar-refractivity contribution in [3.63, 3.8) is 0 Å². The van der Waals surface area contributed by atoms with Crippen LogP contribution in [0.4, 0.5) is 0 Å². The normalized spacial score (nSPS) is 11.9. The second-order valence-electron chi connectivity index (χ2n) is 12.2. The third-order valence-corrected chi connectivity index (χ3v) is 9.64. The molecule has 10 aromatic rings. The van der Waals surface area contributed by atoms with Crippen LogP contribution < -0.4 is 0 Å². The lowest BCUT2D eigenvalue weighted by molar-refractivity contribution is 1.18. The maximum absolute atomic E-state index is 2.50. The molecule has 0 aliphatic rings. The number of hydrogen-bond acceptors (Lipinski definition) is 0. The number of rotatable bonds is 3. The van der Waals surface area contributed by atoms with Crippen molar-refractivity contribution >= 4 is 65.2 Å². The monoisotopic (exact) mass is 584 g/mol. The van der Waals surface area contributed by atoms with Gasteiger partial charge in [-0.05, 0) is 87.3 Å². The number of aromatic nitrogens is 2. The van der Waals surface area contributed by atoms with Gasteiger partial charge in [-0.3, -0.25) is 0 Å². The van der Waals surface area contributed by atoms with Gasteiger partial charge in [0.15, 0.2) is 0 Å². The Hall–Kier alpha value is -6.12. The minimum atomic E-state index is 1.16. The van der Waals surface area contributed by atoms with E-state index in [-0.39, 0.29) is 0 Å². The molecule has 0 amide bonds. The molecule has 46 heavy (non-hydrogen) atoms. The van der Waals surface area contributed by atoms with E-state index in [2.05, 4.69) is 179 Å². The molecule has 214 valence electrons. The quantitative estimate of drug-likeness (QED) is 0.195. The zero-order chi connectivity index (χ0) is 30.2. The molecule has 0 fully saturated rings. The number of benzene rings is 8. The van der Waals surface area contributed by atoms with Crippen LogP contribution in [0.25, 0.3) is 87.7 Å². The maximum Gasteiger partial charge on any atom is 0.0641 e. The average Bonchev–Trinajstić information content (AvgIpc) is 3.63. The SMILES string of the molecule is c1ccc(-c2ccc3c(c2)c2ccc4c(c5cc6ccccc6cc5n4-c4ccccc4)c2n3-c2ccc3ccccc3c2)cc1. The van der Waals surface area contributed by atoms with Crippen LogP contribution in [-0.4, -0.2) is 9.13 Å². The van der Waals surface area contributed by atoms with E-state index >= 15 is 0 Å². The van der Waals surface area contributed by atoms with Crippen molar-refractivity contribution in [3.8, 4) is 22.5 Å². The first kappa shape index (κ1) is 25.2. The van der Waals surface area contributed by atoms with Crippen LogP contribution in [0, 0.1) is 0 Å². The van der Waals surface area contributed by atoms with Crippen molar-refractivity contribution in [2.45, 2.75) is 0 Å².